The summed E-state index contributed by atoms with van der Waals surface area (Å²) in [7, 11) is 2.30. The maximum atomic E-state index is 13.8. The fourth-order valence-corrected chi connectivity index (χ4v) is 21.5. The molecule has 14 aliphatic rings. The van der Waals surface area contributed by atoms with Gasteiger partial charge in [0.05, 0.1) is 56.5 Å². The number of fused-ring (bicyclic) bond motifs is 6. The Hall–Kier alpha value is -3.59. The molecule has 0 spiro atoms. The van der Waals surface area contributed by atoms with Crippen LogP contribution in [-0.2, 0) is 61.7 Å². The van der Waals surface area contributed by atoms with Crippen molar-refractivity contribution in [3.8, 4) is 0 Å². The Balaban J connectivity index is 0.000000190. The van der Waals surface area contributed by atoms with E-state index in [-0.39, 0.29) is 164 Å². The molecule has 6 saturated heterocycles. The van der Waals surface area contributed by atoms with Crippen LogP contribution < -0.4 is 0 Å². The van der Waals surface area contributed by atoms with Gasteiger partial charge in [0.15, 0.2) is 6.29 Å². The van der Waals surface area contributed by atoms with Crippen LogP contribution >= 0.6 is 9.47 Å². The molecule has 14 rings (SSSR count). The summed E-state index contributed by atoms with van der Waals surface area (Å²) in [5.74, 6) is 5.14. The van der Waals surface area contributed by atoms with Gasteiger partial charge in [0.25, 0.3) is 0 Å². The first-order chi connectivity index (χ1) is 50.3. The van der Waals surface area contributed by atoms with Crippen molar-refractivity contribution in [1.82, 2.24) is 0 Å². The normalized spacial score (nSPS) is 43.0. The molecule has 105 heavy (non-hydrogen) atoms. The topological polar surface area (TPSA) is 248 Å². The third kappa shape index (κ3) is 23.3. The molecule has 22 heteroatoms. The summed E-state index contributed by atoms with van der Waals surface area (Å²) >= 11 is 0. The van der Waals surface area contributed by atoms with E-state index in [1.165, 1.54) is 32.1 Å². The van der Waals surface area contributed by atoms with Crippen LogP contribution in [0.4, 0.5) is 17.6 Å². The van der Waals surface area contributed by atoms with Crippen LogP contribution in [0, 0.1) is 112 Å². The number of carbonyl (C=O) groups is 6. The summed E-state index contributed by atoms with van der Waals surface area (Å²) in [4.78, 5) is 65.3. The number of rotatable bonds is 19. The van der Waals surface area contributed by atoms with E-state index < -0.39 is 37.1 Å². The van der Waals surface area contributed by atoms with Gasteiger partial charge in [-0.15, -0.1) is 0 Å². The lowest BCUT2D eigenvalue weighted by Gasteiger charge is -2.21. The van der Waals surface area contributed by atoms with E-state index in [1.807, 2.05) is 27.7 Å². The third-order valence-corrected chi connectivity index (χ3v) is 27.3. The average Bonchev–Trinajstić information content (AvgIpc) is 1.66. The van der Waals surface area contributed by atoms with Gasteiger partial charge in [-0.1, -0.05) is 165 Å². The first kappa shape index (κ1) is 88.6. The number of alkyl halides is 4. The van der Waals surface area contributed by atoms with Crippen LogP contribution in [0.15, 0.2) is 24.3 Å². The van der Waals surface area contributed by atoms with Gasteiger partial charge in [0.2, 0.25) is 0 Å². The van der Waals surface area contributed by atoms with Gasteiger partial charge in [-0.2, -0.15) is 0 Å². The Morgan fingerprint density at radius 2 is 0.790 bits per heavy atom. The molecule has 6 unspecified atom stereocenters. The molecule has 4 N–H and O–H groups in total. The van der Waals surface area contributed by atoms with Gasteiger partial charge in [-0.3, -0.25) is 24.0 Å². The second kappa shape index (κ2) is 43.3. The number of hydrogen-bond donors (Lipinski definition) is 4. The number of carbonyl (C=O) groups excluding carboxylic acids is 6. The number of allylic oxidation sites excluding steroid dienone is 4. The molecule has 0 amide bonds. The summed E-state index contributed by atoms with van der Waals surface area (Å²) in [6, 6.07) is 0. The Kier molecular flexibility index (Phi) is 36.5. The van der Waals surface area contributed by atoms with Crippen molar-refractivity contribution in [2.75, 3.05) is 6.61 Å². The van der Waals surface area contributed by atoms with E-state index in [0.29, 0.717) is 94.3 Å². The Morgan fingerprint density at radius 3 is 1.27 bits per heavy atom. The maximum Gasteiger partial charge on any atom is 0.306 e. The van der Waals surface area contributed by atoms with E-state index in [9.17, 15) is 61.6 Å². The van der Waals surface area contributed by atoms with Crippen LogP contribution in [0.2, 0.25) is 0 Å². The van der Waals surface area contributed by atoms with Crippen molar-refractivity contribution in [2.45, 2.75) is 342 Å². The number of esters is 5. The summed E-state index contributed by atoms with van der Waals surface area (Å²) in [6.45, 7) is 23.4. The van der Waals surface area contributed by atoms with Crippen LogP contribution in [0.1, 0.15) is 257 Å². The summed E-state index contributed by atoms with van der Waals surface area (Å²) < 4.78 is 90.0. The molecule has 0 aromatic carbocycles. The van der Waals surface area contributed by atoms with E-state index in [0.717, 1.165) is 95.2 Å². The zero-order chi connectivity index (χ0) is 76.9. The molecule has 0 radical (unpaired) electrons. The Labute approximate surface area is 629 Å². The highest BCUT2D eigenvalue weighted by Crippen LogP contribution is 2.50. The predicted octanol–water partition coefficient (Wildman–Crippen LogP) is 16.0. The fraction of sp³-hybridized carbons (Fsp3) is 0.880. The molecule has 34 atom stereocenters. The van der Waals surface area contributed by atoms with Crippen LogP contribution in [-0.4, -0.2) is 149 Å². The lowest BCUT2D eigenvalue weighted by Crippen LogP contribution is -2.20. The number of halogens is 4. The largest absolute Gasteiger partial charge is 0.462 e. The summed E-state index contributed by atoms with van der Waals surface area (Å²) in [5.41, 5.74) is 0. The van der Waals surface area contributed by atoms with Crippen molar-refractivity contribution in [1.29, 1.82) is 0 Å². The number of ether oxygens (including phenoxy) is 6. The molecule has 604 valence electrons. The molecule has 14 fully saturated rings. The molecule has 6 aliphatic heterocycles. The summed E-state index contributed by atoms with van der Waals surface area (Å²) in [5, 5.41) is 37.7. The van der Waals surface area contributed by atoms with E-state index >= 15 is 0 Å². The highest BCUT2D eigenvalue weighted by atomic mass is 31.0. The van der Waals surface area contributed by atoms with Gasteiger partial charge in [-0.05, 0) is 122 Å². The quantitative estimate of drug-likeness (QED) is 0.0178. The molecule has 6 heterocycles. The summed E-state index contributed by atoms with van der Waals surface area (Å²) in [6.07, 6.45) is 28.9. The van der Waals surface area contributed by atoms with Crippen molar-refractivity contribution < 1.29 is 101 Å². The molecule has 0 aromatic rings. The minimum atomic E-state index is -0.797. The molecular formula is C83H137F4O17P. The van der Waals surface area contributed by atoms with Gasteiger partial charge in [0, 0.05) is 91.5 Å². The SMILES string of the molecule is CCCC/C=C\C[C@@H]1[C@@H](CC)[C@@H](F)C[C@@H]1O.CCCC/C=C\C[C@H]1C(OP)CC(F)[C@@H]1CC.CC[C@@H]1[C@H]2CC(=O)O[C@H]2C[C@@H]1F.CC[C@@H]1[C@H]2CC(=O)O[C@H]2C[C@H]1C.CC[C@@H]1[C@H]2CC(=O)O[C@H]2C[C@H]1O.CC[C@@H]1[C@H]2CC(O)O[C@H]2C[C@@H]1F.C[C@@H]1CC2OC(=O)C[C@@H]2C1C=O.C[C@@H]1C[C@@H]2OC(=O)C[C@@H]2[C@H]1CO.[3HH]. The lowest BCUT2D eigenvalue weighted by atomic mass is 9.87. The van der Waals surface area contributed by atoms with Gasteiger partial charge < -0.3 is 58.2 Å². The number of hydrogen-bond acceptors (Lipinski definition) is 17. The van der Waals surface area contributed by atoms with Crippen molar-refractivity contribution in [3.05, 3.63) is 24.3 Å². The third-order valence-electron chi connectivity index (χ3n) is 27.0. The minimum Gasteiger partial charge on any atom is -0.462 e. The minimum absolute atomic E-state index is 0. The smallest absolute Gasteiger partial charge is 0.306 e. The first-order valence-corrected chi connectivity index (χ1v) is 41.7. The van der Waals surface area contributed by atoms with Crippen LogP contribution in [0.5, 0.6) is 0 Å². The number of aliphatic hydroxyl groups is 4. The first-order valence-electron chi connectivity index (χ1n) is 41.2. The van der Waals surface area contributed by atoms with Crippen molar-refractivity contribution >= 4 is 45.6 Å². The fourth-order valence-electron chi connectivity index (χ4n) is 21.2. The Morgan fingerprint density at radius 1 is 0.419 bits per heavy atom. The average molecular weight is 1520 g/mol. The van der Waals surface area contributed by atoms with E-state index in [2.05, 4.69) is 82.2 Å². The second-order valence-corrected chi connectivity index (χ2v) is 33.5. The number of aliphatic hydroxyl groups excluding tert-OH is 4. The standard InChI is InChI=1S/C14H26FOP.C14H25FO.C10H16O2.C9H15FO2.C9H13FO2.C9H14O3.C9H12O3.C9H14O3.H2/c1-3-5-6-7-8-9-12-11(4-2)13(15)10-14(12)16-17;1-3-5-6-7-8-9-12-11(4-2)13(15)10-14(12)16;1-3-7-6(2)4-9-8(7)5-10(11)12-9;2*1-2-5-6-3-9(11)12-8(6)4-7(5)10;2*1-5-2-8-6(7(5)4-10)3-9(11)12-8;1-2-5-6-3-9(11)12-8(6)4-7(5)10;/h7-8,11-14H,3-6,9-10,17H2,1-2H3;7-8,11-14,16H,3-6,9-10H2,1-2H3;6-9H,3-5H2,1-2H3;5-9,11H,2-4H2,1H3;5-8H,2-4H2,1H3;5-8,10H,2-4H2,1H3;4-8H,2-3H2,1H3;5-8,10H,2-4H2,1H3;1H/b2*8-7-;;;;;;;/t11-,12-,13?,14?;11-,12-,13+,14+;6-,7+,8-,9+;5-,6-,7+,8+,9?;2*5-,6-,7+,8+;5-,6-,7?,8?;5-,6-,7-,8+;/m11111111./s1/i;;;;;;;;1+2. The zero-order valence-corrected chi connectivity index (χ0v) is 66.3. The number of unbranched alkanes of at least 4 members (excludes halogenated alkanes) is 4. The van der Waals surface area contributed by atoms with E-state index in [1.54, 1.807) is 0 Å². The highest BCUT2D eigenvalue weighted by molar-refractivity contribution is 7.09. The van der Waals surface area contributed by atoms with Gasteiger partial charge >= 0.3 is 29.8 Å². The van der Waals surface area contributed by atoms with Gasteiger partial charge in [0.1, 0.15) is 61.5 Å². The molecule has 17 nitrogen and oxygen atoms in total. The highest BCUT2D eigenvalue weighted by Gasteiger charge is 2.54. The zero-order valence-electron chi connectivity index (χ0n) is 65.1. The molecule has 8 saturated carbocycles. The van der Waals surface area contributed by atoms with Crippen molar-refractivity contribution in [3.63, 3.8) is 0 Å². The predicted molar refractivity (Wildman–Crippen MR) is 398 cm³/mol. The molecule has 8 aliphatic carbocycles. The lowest BCUT2D eigenvalue weighted by molar-refractivity contribution is -0.142. The van der Waals surface area contributed by atoms with Crippen LogP contribution in [0.3, 0.4) is 0 Å². The Bertz CT molecular complexity index is 2560. The second-order valence-electron chi connectivity index (χ2n) is 33.2. The van der Waals surface area contributed by atoms with Crippen molar-refractivity contribution in [2.24, 2.45) is 112 Å². The van der Waals surface area contributed by atoms with E-state index in [4.69, 9.17) is 38.1 Å². The van der Waals surface area contributed by atoms with Crippen LogP contribution in [0.25, 0.3) is 0 Å². The van der Waals surface area contributed by atoms with Gasteiger partial charge in [-0.25, -0.2) is 17.6 Å². The molecular weight excluding hydrogens is 1380 g/mol. The monoisotopic (exact) mass is 1510 g/mol. The molecule has 0 aromatic heterocycles. The maximum absolute atomic E-state index is 13.8. The number of aldehydes is 1. The molecule has 0 bridgehead atoms.